The van der Waals surface area contributed by atoms with E-state index in [0.717, 1.165) is 23.1 Å². The third-order valence-electron chi connectivity index (χ3n) is 2.18. The fourth-order valence-corrected chi connectivity index (χ4v) is 1.45. The number of carbonyl (C=O) groups is 1. The molecule has 0 fully saturated rings. The number of halogens is 1. The van der Waals surface area contributed by atoms with E-state index in [4.69, 9.17) is 5.11 Å². The summed E-state index contributed by atoms with van der Waals surface area (Å²) in [5.41, 5.74) is 1.78. The second kappa shape index (κ2) is 5.75. The third kappa shape index (κ3) is 3.55. The number of rotatable bonds is 5. The van der Waals surface area contributed by atoms with Gasteiger partial charge >= 0.3 is 5.97 Å². The molecule has 1 rings (SSSR count). The van der Waals surface area contributed by atoms with Gasteiger partial charge in [0.15, 0.2) is 0 Å². The number of alkyl halides is 1. The van der Waals surface area contributed by atoms with Gasteiger partial charge in [0.25, 0.3) is 0 Å². The van der Waals surface area contributed by atoms with E-state index >= 15 is 0 Å². The minimum Gasteiger partial charge on any atom is -0.481 e. The maximum absolute atomic E-state index is 10.8. The molecular formula is C11H14BrNO2. The van der Waals surface area contributed by atoms with Crippen molar-refractivity contribution >= 4 is 27.6 Å². The summed E-state index contributed by atoms with van der Waals surface area (Å²) in [5, 5.41) is 12.9. The van der Waals surface area contributed by atoms with Gasteiger partial charge in [-0.05, 0) is 24.6 Å². The molecule has 1 aromatic carbocycles. The molecular weight excluding hydrogens is 258 g/mol. The Labute approximate surface area is 97.6 Å². The lowest BCUT2D eigenvalue weighted by Crippen LogP contribution is -2.08. The highest BCUT2D eigenvalue weighted by molar-refractivity contribution is 9.09. The fourth-order valence-electron chi connectivity index (χ4n) is 1.25. The van der Waals surface area contributed by atoms with Crippen LogP contribution in [0.25, 0.3) is 0 Å². The van der Waals surface area contributed by atoms with Gasteiger partial charge in [-0.25, -0.2) is 0 Å². The van der Waals surface area contributed by atoms with Crippen molar-refractivity contribution in [1.29, 1.82) is 0 Å². The lowest BCUT2D eigenvalue weighted by atomic mass is 10.0. The molecule has 0 amide bonds. The van der Waals surface area contributed by atoms with Gasteiger partial charge in [0.2, 0.25) is 0 Å². The van der Waals surface area contributed by atoms with Crippen LogP contribution in [0.4, 0.5) is 5.69 Å². The molecule has 0 aliphatic heterocycles. The van der Waals surface area contributed by atoms with Crippen LogP contribution in [0.5, 0.6) is 0 Å². The molecule has 0 saturated carbocycles. The van der Waals surface area contributed by atoms with Crippen molar-refractivity contribution in [3.05, 3.63) is 29.8 Å². The van der Waals surface area contributed by atoms with Gasteiger partial charge in [-0.1, -0.05) is 28.1 Å². The second-order valence-electron chi connectivity index (χ2n) is 3.30. The molecule has 4 heteroatoms. The summed E-state index contributed by atoms with van der Waals surface area (Å²) in [7, 11) is 0. The van der Waals surface area contributed by atoms with Crippen LogP contribution in [-0.2, 0) is 4.79 Å². The third-order valence-corrected chi connectivity index (χ3v) is 2.58. The molecule has 0 heterocycles. The Kier molecular flexibility index (Phi) is 4.62. The fraction of sp³-hybridized carbons (Fsp3) is 0.364. The number of carboxylic acid groups (broad SMARTS) is 1. The van der Waals surface area contributed by atoms with E-state index in [1.165, 1.54) is 0 Å². The minimum absolute atomic E-state index is 0.462. The van der Waals surface area contributed by atoms with Crippen molar-refractivity contribution < 1.29 is 9.90 Å². The highest BCUT2D eigenvalue weighted by Crippen LogP contribution is 2.19. The number of anilines is 1. The molecule has 0 aromatic heterocycles. The van der Waals surface area contributed by atoms with Crippen LogP contribution in [0.1, 0.15) is 18.4 Å². The molecule has 82 valence electrons. The van der Waals surface area contributed by atoms with E-state index in [9.17, 15) is 4.79 Å². The van der Waals surface area contributed by atoms with Crippen molar-refractivity contribution in [1.82, 2.24) is 0 Å². The molecule has 0 bridgehead atoms. The number of carboxylic acids is 1. The molecule has 15 heavy (non-hydrogen) atoms. The summed E-state index contributed by atoms with van der Waals surface area (Å²) in [4.78, 5) is 10.8. The van der Waals surface area contributed by atoms with Gasteiger partial charge in [0.1, 0.15) is 0 Å². The SMILES string of the molecule is CC(C(=O)O)c1cccc(NCCBr)c1. The second-order valence-corrected chi connectivity index (χ2v) is 4.09. The summed E-state index contributed by atoms with van der Waals surface area (Å²) >= 11 is 3.32. The van der Waals surface area contributed by atoms with Crippen molar-refractivity contribution in [2.75, 3.05) is 17.2 Å². The number of benzene rings is 1. The van der Waals surface area contributed by atoms with E-state index < -0.39 is 11.9 Å². The first-order valence-corrected chi connectivity index (χ1v) is 5.90. The zero-order chi connectivity index (χ0) is 11.3. The first kappa shape index (κ1) is 12.0. The Morgan fingerprint density at radius 2 is 2.33 bits per heavy atom. The Balaban J connectivity index is 2.77. The molecule has 0 radical (unpaired) electrons. The summed E-state index contributed by atoms with van der Waals surface area (Å²) in [6, 6.07) is 7.51. The van der Waals surface area contributed by atoms with Crippen molar-refractivity contribution in [2.24, 2.45) is 0 Å². The maximum Gasteiger partial charge on any atom is 0.310 e. The number of hydrogen-bond donors (Lipinski definition) is 2. The molecule has 1 unspecified atom stereocenters. The minimum atomic E-state index is -0.798. The smallest absolute Gasteiger partial charge is 0.310 e. The van der Waals surface area contributed by atoms with Crippen LogP contribution >= 0.6 is 15.9 Å². The molecule has 0 aliphatic rings. The van der Waals surface area contributed by atoms with Gasteiger partial charge < -0.3 is 10.4 Å². The molecule has 1 atom stereocenters. The topological polar surface area (TPSA) is 49.3 Å². The van der Waals surface area contributed by atoms with Crippen LogP contribution in [-0.4, -0.2) is 23.0 Å². The van der Waals surface area contributed by atoms with Crippen LogP contribution in [0.15, 0.2) is 24.3 Å². The predicted molar refractivity (Wildman–Crippen MR) is 64.8 cm³/mol. The van der Waals surface area contributed by atoms with E-state index in [1.807, 2.05) is 24.3 Å². The Morgan fingerprint density at radius 3 is 2.93 bits per heavy atom. The van der Waals surface area contributed by atoms with Crippen LogP contribution in [0, 0.1) is 0 Å². The first-order valence-electron chi connectivity index (χ1n) is 4.77. The molecule has 0 aliphatic carbocycles. The largest absolute Gasteiger partial charge is 0.481 e. The maximum atomic E-state index is 10.8. The quantitative estimate of drug-likeness (QED) is 0.810. The Bertz CT molecular complexity index is 341. The molecule has 1 aromatic rings. The van der Waals surface area contributed by atoms with Crippen molar-refractivity contribution in [3.8, 4) is 0 Å². The summed E-state index contributed by atoms with van der Waals surface area (Å²) in [5.74, 6) is -1.26. The van der Waals surface area contributed by atoms with Crippen LogP contribution < -0.4 is 5.32 Å². The van der Waals surface area contributed by atoms with Gasteiger partial charge in [0, 0.05) is 17.6 Å². The predicted octanol–water partition coefficient (Wildman–Crippen LogP) is 2.68. The number of aliphatic carboxylic acids is 1. The highest BCUT2D eigenvalue weighted by Gasteiger charge is 2.13. The summed E-state index contributed by atoms with van der Waals surface area (Å²) < 4.78 is 0. The monoisotopic (exact) mass is 271 g/mol. The zero-order valence-electron chi connectivity index (χ0n) is 8.53. The van der Waals surface area contributed by atoms with Crippen molar-refractivity contribution in [2.45, 2.75) is 12.8 Å². The van der Waals surface area contributed by atoms with Gasteiger partial charge in [-0.3, -0.25) is 4.79 Å². The lowest BCUT2D eigenvalue weighted by Gasteiger charge is -2.09. The molecule has 2 N–H and O–H groups in total. The highest BCUT2D eigenvalue weighted by atomic mass is 79.9. The number of nitrogens with one attached hydrogen (secondary N) is 1. The van der Waals surface area contributed by atoms with E-state index in [2.05, 4.69) is 21.2 Å². The molecule has 3 nitrogen and oxygen atoms in total. The molecule has 0 spiro atoms. The van der Waals surface area contributed by atoms with Gasteiger partial charge in [0.05, 0.1) is 5.92 Å². The normalized spacial score (nSPS) is 12.1. The standard InChI is InChI=1S/C11H14BrNO2/c1-8(11(14)15)9-3-2-4-10(7-9)13-6-5-12/h2-4,7-8,13H,5-6H2,1H3,(H,14,15). The van der Waals surface area contributed by atoms with Crippen LogP contribution in [0.3, 0.4) is 0 Å². The van der Waals surface area contributed by atoms with E-state index in [1.54, 1.807) is 6.92 Å². The lowest BCUT2D eigenvalue weighted by molar-refractivity contribution is -0.138. The van der Waals surface area contributed by atoms with E-state index in [0.29, 0.717) is 0 Å². The van der Waals surface area contributed by atoms with E-state index in [-0.39, 0.29) is 0 Å². The van der Waals surface area contributed by atoms with Gasteiger partial charge in [-0.2, -0.15) is 0 Å². The zero-order valence-corrected chi connectivity index (χ0v) is 10.1. The summed E-state index contributed by atoms with van der Waals surface area (Å²) in [6.45, 7) is 2.51. The summed E-state index contributed by atoms with van der Waals surface area (Å²) in [6.07, 6.45) is 0. The average molecular weight is 272 g/mol. The van der Waals surface area contributed by atoms with Crippen LogP contribution in [0.2, 0.25) is 0 Å². The average Bonchev–Trinajstić information content (AvgIpc) is 2.25. The van der Waals surface area contributed by atoms with Gasteiger partial charge in [-0.15, -0.1) is 0 Å². The molecule has 0 saturated heterocycles. The Hall–Kier alpha value is -1.03. The first-order chi connectivity index (χ1) is 7.15. The number of hydrogen-bond acceptors (Lipinski definition) is 2. The Morgan fingerprint density at radius 1 is 1.60 bits per heavy atom. The van der Waals surface area contributed by atoms with Crippen molar-refractivity contribution in [3.63, 3.8) is 0 Å².